The van der Waals surface area contributed by atoms with E-state index in [2.05, 4.69) is 27.8 Å². The molecule has 1 saturated heterocycles. The van der Waals surface area contributed by atoms with Gasteiger partial charge in [0.1, 0.15) is 0 Å². The Balaban J connectivity index is 2.05. The predicted octanol–water partition coefficient (Wildman–Crippen LogP) is 3.66. The summed E-state index contributed by atoms with van der Waals surface area (Å²) in [7, 11) is 1.89. The number of carbonyl (C=O) groups is 1. The van der Waals surface area contributed by atoms with Crippen molar-refractivity contribution in [3.63, 3.8) is 0 Å². The van der Waals surface area contributed by atoms with Gasteiger partial charge < -0.3 is 9.80 Å². The van der Waals surface area contributed by atoms with Crippen LogP contribution in [0.5, 0.6) is 0 Å². The van der Waals surface area contributed by atoms with Crippen molar-refractivity contribution >= 4 is 33.4 Å². The summed E-state index contributed by atoms with van der Waals surface area (Å²) < 4.78 is 0.836. The van der Waals surface area contributed by atoms with Gasteiger partial charge >= 0.3 is 0 Å². The number of amides is 1. The average molecular weight is 360 g/mol. The van der Waals surface area contributed by atoms with Crippen LogP contribution in [0, 0.1) is 0 Å². The molecule has 0 radical (unpaired) electrons. The molecule has 0 bridgehead atoms. The molecule has 0 saturated carbocycles. The van der Waals surface area contributed by atoms with Crippen LogP contribution in [-0.2, 0) is 0 Å². The van der Waals surface area contributed by atoms with E-state index in [-0.39, 0.29) is 5.91 Å². The lowest BCUT2D eigenvalue weighted by molar-refractivity contribution is 0.0647. The highest BCUT2D eigenvalue weighted by Crippen LogP contribution is 2.22. The zero-order valence-electron chi connectivity index (χ0n) is 11.9. The summed E-state index contributed by atoms with van der Waals surface area (Å²) in [6, 6.07) is 5.67. The topological polar surface area (TPSA) is 23.6 Å². The highest BCUT2D eigenvalue weighted by molar-refractivity contribution is 9.10. The molecule has 1 fully saturated rings. The lowest BCUT2D eigenvalue weighted by Crippen LogP contribution is -2.45. The third kappa shape index (κ3) is 3.74. The zero-order chi connectivity index (χ0) is 14.7. The Bertz CT molecular complexity index is 467. The fourth-order valence-electron chi connectivity index (χ4n) is 2.67. The Kier molecular flexibility index (Phi) is 5.47. The van der Waals surface area contributed by atoms with Gasteiger partial charge in [-0.2, -0.15) is 0 Å². The van der Waals surface area contributed by atoms with Gasteiger partial charge in [-0.05, 0) is 37.6 Å². The third-order valence-electron chi connectivity index (χ3n) is 3.98. The minimum Gasteiger partial charge on any atom is -0.339 e. The SMILES string of the molecule is CCN1CCC(N(C)C(=O)c2cc(Cl)cc(Br)c2)CC1. The van der Waals surface area contributed by atoms with Crippen LogP contribution >= 0.6 is 27.5 Å². The van der Waals surface area contributed by atoms with Gasteiger partial charge in [0.25, 0.3) is 5.91 Å². The highest BCUT2D eigenvalue weighted by atomic mass is 79.9. The first-order valence-electron chi connectivity index (χ1n) is 6.97. The van der Waals surface area contributed by atoms with E-state index in [4.69, 9.17) is 11.6 Å². The van der Waals surface area contributed by atoms with E-state index in [0.717, 1.165) is 36.9 Å². The molecular weight excluding hydrogens is 340 g/mol. The Labute approximate surface area is 134 Å². The van der Waals surface area contributed by atoms with Gasteiger partial charge in [0.05, 0.1) is 0 Å². The van der Waals surface area contributed by atoms with Crippen LogP contribution in [0.15, 0.2) is 22.7 Å². The number of hydrogen-bond donors (Lipinski definition) is 0. The highest BCUT2D eigenvalue weighted by Gasteiger charge is 2.25. The molecule has 1 aliphatic heterocycles. The van der Waals surface area contributed by atoms with E-state index in [9.17, 15) is 4.79 Å². The van der Waals surface area contributed by atoms with E-state index in [0.29, 0.717) is 16.6 Å². The Morgan fingerprint density at radius 3 is 2.60 bits per heavy atom. The Morgan fingerprint density at radius 1 is 1.40 bits per heavy atom. The maximum Gasteiger partial charge on any atom is 0.253 e. The Hall–Kier alpha value is -0.580. The maximum absolute atomic E-state index is 12.5. The lowest BCUT2D eigenvalue weighted by atomic mass is 10.0. The smallest absolute Gasteiger partial charge is 0.253 e. The molecule has 3 nitrogen and oxygen atoms in total. The van der Waals surface area contributed by atoms with Gasteiger partial charge in [-0.25, -0.2) is 0 Å². The number of piperidine rings is 1. The molecule has 0 aromatic heterocycles. The zero-order valence-corrected chi connectivity index (χ0v) is 14.2. The Morgan fingerprint density at radius 2 is 2.05 bits per heavy atom. The molecule has 2 rings (SSSR count). The number of benzene rings is 1. The van der Waals surface area contributed by atoms with Crippen LogP contribution in [0.1, 0.15) is 30.1 Å². The largest absolute Gasteiger partial charge is 0.339 e. The first-order valence-corrected chi connectivity index (χ1v) is 8.14. The lowest BCUT2D eigenvalue weighted by Gasteiger charge is -2.36. The van der Waals surface area contributed by atoms with Crippen LogP contribution in [0.2, 0.25) is 5.02 Å². The molecule has 20 heavy (non-hydrogen) atoms. The summed E-state index contributed by atoms with van der Waals surface area (Å²) in [6.07, 6.45) is 2.08. The molecule has 110 valence electrons. The van der Waals surface area contributed by atoms with Gasteiger partial charge in [-0.3, -0.25) is 4.79 Å². The summed E-state index contributed by atoms with van der Waals surface area (Å²) >= 11 is 9.40. The van der Waals surface area contributed by atoms with Crippen molar-refractivity contribution in [2.24, 2.45) is 0 Å². The number of carbonyl (C=O) groups excluding carboxylic acids is 1. The molecule has 0 spiro atoms. The van der Waals surface area contributed by atoms with E-state index < -0.39 is 0 Å². The molecule has 1 aromatic carbocycles. The predicted molar refractivity (Wildman–Crippen MR) is 86.4 cm³/mol. The van der Waals surface area contributed by atoms with Gasteiger partial charge in [0.15, 0.2) is 0 Å². The van der Waals surface area contributed by atoms with E-state index in [1.165, 1.54) is 0 Å². The summed E-state index contributed by atoms with van der Waals surface area (Å²) in [4.78, 5) is 16.8. The summed E-state index contributed by atoms with van der Waals surface area (Å²) in [5.41, 5.74) is 0.643. The second-order valence-corrected chi connectivity index (χ2v) is 6.59. The molecule has 5 heteroatoms. The maximum atomic E-state index is 12.5. The number of likely N-dealkylation sites (tertiary alicyclic amines) is 1. The minimum absolute atomic E-state index is 0.0446. The summed E-state index contributed by atoms with van der Waals surface area (Å²) in [6.45, 7) is 5.40. The first-order chi connectivity index (χ1) is 9.51. The quantitative estimate of drug-likeness (QED) is 0.822. The van der Waals surface area contributed by atoms with Crippen molar-refractivity contribution < 1.29 is 4.79 Å². The molecule has 1 amide bonds. The standard InChI is InChI=1S/C15H20BrClN2O/c1-3-19-6-4-14(5-7-19)18(2)15(20)11-8-12(16)10-13(17)9-11/h8-10,14H,3-7H2,1-2H3. The summed E-state index contributed by atoms with van der Waals surface area (Å²) in [5.74, 6) is 0.0446. The van der Waals surface area contributed by atoms with Crippen LogP contribution in [-0.4, -0.2) is 48.4 Å². The van der Waals surface area contributed by atoms with Crippen molar-refractivity contribution in [1.82, 2.24) is 9.80 Å². The second-order valence-electron chi connectivity index (χ2n) is 5.24. The van der Waals surface area contributed by atoms with Crippen LogP contribution in [0.25, 0.3) is 0 Å². The van der Waals surface area contributed by atoms with Crippen molar-refractivity contribution in [1.29, 1.82) is 0 Å². The van der Waals surface area contributed by atoms with Gasteiger partial charge in [0, 0.05) is 41.2 Å². The van der Waals surface area contributed by atoms with Gasteiger partial charge in [-0.15, -0.1) is 0 Å². The van der Waals surface area contributed by atoms with Gasteiger partial charge in [-0.1, -0.05) is 34.5 Å². The number of rotatable bonds is 3. The second kappa shape index (κ2) is 6.92. The normalized spacial score (nSPS) is 17.2. The van der Waals surface area contributed by atoms with E-state index >= 15 is 0 Å². The molecule has 0 N–H and O–H groups in total. The van der Waals surface area contributed by atoms with Crippen molar-refractivity contribution in [3.8, 4) is 0 Å². The van der Waals surface area contributed by atoms with Crippen molar-refractivity contribution in [2.45, 2.75) is 25.8 Å². The molecule has 0 atom stereocenters. The van der Waals surface area contributed by atoms with Gasteiger partial charge in [0.2, 0.25) is 0 Å². The third-order valence-corrected chi connectivity index (χ3v) is 4.66. The first kappa shape index (κ1) is 15.8. The summed E-state index contributed by atoms with van der Waals surface area (Å²) in [5, 5.41) is 0.580. The molecular formula is C15H20BrClN2O. The molecule has 0 aliphatic carbocycles. The van der Waals surface area contributed by atoms with Crippen LogP contribution < -0.4 is 0 Å². The van der Waals surface area contributed by atoms with E-state index in [1.807, 2.05) is 18.0 Å². The molecule has 1 aromatic rings. The number of halogens is 2. The average Bonchev–Trinajstić information content (AvgIpc) is 2.45. The fraction of sp³-hybridized carbons (Fsp3) is 0.533. The number of hydrogen-bond acceptors (Lipinski definition) is 2. The van der Waals surface area contributed by atoms with Crippen LogP contribution in [0.4, 0.5) is 0 Å². The monoisotopic (exact) mass is 358 g/mol. The van der Waals surface area contributed by atoms with Crippen molar-refractivity contribution in [2.75, 3.05) is 26.7 Å². The van der Waals surface area contributed by atoms with E-state index in [1.54, 1.807) is 12.1 Å². The fourth-order valence-corrected chi connectivity index (χ4v) is 3.53. The molecule has 0 unspecified atom stereocenters. The van der Waals surface area contributed by atoms with Crippen molar-refractivity contribution in [3.05, 3.63) is 33.3 Å². The number of nitrogens with zero attached hydrogens (tertiary/aromatic N) is 2. The molecule has 1 heterocycles. The van der Waals surface area contributed by atoms with Crippen LogP contribution in [0.3, 0.4) is 0 Å². The minimum atomic E-state index is 0.0446. The molecule has 1 aliphatic rings.